The smallest absolute Gasteiger partial charge is 0.410 e. The van der Waals surface area contributed by atoms with E-state index in [1.807, 2.05) is 0 Å². The molecule has 6 rings (SSSR count). The van der Waals surface area contributed by atoms with Crippen LogP contribution in [0.3, 0.4) is 0 Å². The molecule has 294 valence electrons. The van der Waals surface area contributed by atoms with Gasteiger partial charge in [0, 0.05) is 43.2 Å². The lowest BCUT2D eigenvalue weighted by atomic mass is 9.94. The van der Waals surface area contributed by atoms with E-state index in [9.17, 15) is 45.6 Å². The SMILES string of the molecule is CC(C)(C)OC(=O)C[C@H]1CCCC(F)(F)CC=C=C[C@@H]2C[C@@]2(C(=O)NS(=O)(=O)C2CC2)NC(=O)[C@@H]2C[C@@H](OC(=O)N3Cc4cccc(F)c4C3)CN2C1=O. The van der Waals surface area contributed by atoms with Gasteiger partial charge in [-0.2, -0.15) is 0 Å². The molecule has 1 aromatic rings. The molecule has 0 unspecified atom stereocenters. The van der Waals surface area contributed by atoms with Gasteiger partial charge in [-0.05, 0) is 76.7 Å². The Balaban J connectivity index is 1.29. The van der Waals surface area contributed by atoms with E-state index in [2.05, 4.69) is 15.8 Å². The molecular formula is C37H45F3N4O9S. The number of fused-ring (bicyclic) bond motifs is 3. The van der Waals surface area contributed by atoms with E-state index < -0.39 is 111 Å². The number of sulfonamides is 1. The zero-order valence-electron chi connectivity index (χ0n) is 30.4. The Kier molecular flexibility index (Phi) is 10.7. The van der Waals surface area contributed by atoms with Crippen LogP contribution in [0.15, 0.2) is 36.1 Å². The van der Waals surface area contributed by atoms with Crippen molar-refractivity contribution in [3.63, 3.8) is 0 Å². The second-order valence-corrected chi connectivity index (χ2v) is 17.9. The molecule has 0 bridgehead atoms. The van der Waals surface area contributed by atoms with Gasteiger partial charge in [0.2, 0.25) is 21.8 Å². The Labute approximate surface area is 311 Å². The fraction of sp³-hybridized carbons (Fsp3) is 0.622. The van der Waals surface area contributed by atoms with Gasteiger partial charge >= 0.3 is 12.1 Å². The van der Waals surface area contributed by atoms with Crippen molar-refractivity contribution in [2.45, 2.75) is 126 Å². The number of alkyl halides is 2. The predicted molar refractivity (Wildman–Crippen MR) is 185 cm³/mol. The minimum Gasteiger partial charge on any atom is -0.460 e. The minimum absolute atomic E-state index is 0.0620. The highest BCUT2D eigenvalue weighted by Crippen LogP contribution is 2.46. The molecular weight excluding hydrogens is 733 g/mol. The molecule has 4 amide bonds. The van der Waals surface area contributed by atoms with Crippen molar-refractivity contribution in [2.24, 2.45) is 11.8 Å². The molecule has 3 fully saturated rings. The molecule has 3 heterocycles. The van der Waals surface area contributed by atoms with E-state index in [0.717, 1.165) is 11.0 Å². The molecule has 0 radical (unpaired) electrons. The normalized spacial score (nSPS) is 28.4. The van der Waals surface area contributed by atoms with Gasteiger partial charge in [-0.3, -0.25) is 28.8 Å². The van der Waals surface area contributed by atoms with Crippen molar-refractivity contribution in [1.29, 1.82) is 0 Å². The summed E-state index contributed by atoms with van der Waals surface area (Å²) in [7, 11) is -4.05. The van der Waals surface area contributed by atoms with Crippen molar-refractivity contribution in [2.75, 3.05) is 6.54 Å². The number of hydrogen-bond acceptors (Lipinski definition) is 9. The Morgan fingerprint density at radius 2 is 1.85 bits per heavy atom. The summed E-state index contributed by atoms with van der Waals surface area (Å²) in [6.07, 6.45) is -1.17. The molecule has 54 heavy (non-hydrogen) atoms. The lowest BCUT2D eigenvalue weighted by molar-refractivity contribution is -0.159. The monoisotopic (exact) mass is 778 g/mol. The summed E-state index contributed by atoms with van der Waals surface area (Å²) >= 11 is 0. The number of rotatable bonds is 6. The Hall–Kier alpha value is -4.37. The number of amides is 4. The van der Waals surface area contributed by atoms with Crippen LogP contribution in [0.5, 0.6) is 0 Å². The third-order valence-corrected chi connectivity index (χ3v) is 12.2. The lowest BCUT2D eigenvalue weighted by Crippen LogP contribution is -2.57. The summed E-state index contributed by atoms with van der Waals surface area (Å²) in [4.78, 5) is 70.9. The van der Waals surface area contributed by atoms with Gasteiger partial charge in [0.1, 0.15) is 29.1 Å². The van der Waals surface area contributed by atoms with E-state index in [4.69, 9.17) is 9.47 Å². The van der Waals surface area contributed by atoms with Crippen LogP contribution in [0.2, 0.25) is 0 Å². The largest absolute Gasteiger partial charge is 0.460 e. The first-order chi connectivity index (χ1) is 25.3. The molecule has 0 aromatic heterocycles. The van der Waals surface area contributed by atoms with Crippen LogP contribution < -0.4 is 10.0 Å². The first kappa shape index (κ1) is 39.3. The zero-order valence-corrected chi connectivity index (χ0v) is 31.2. The fourth-order valence-corrected chi connectivity index (χ4v) is 8.64. The maximum absolute atomic E-state index is 15.0. The molecule has 2 aliphatic carbocycles. The van der Waals surface area contributed by atoms with E-state index in [-0.39, 0.29) is 45.3 Å². The quantitative estimate of drug-likeness (QED) is 0.321. The Morgan fingerprint density at radius 1 is 1.11 bits per heavy atom. The number of ether oxygens (including phenoxy) is 2. The van der Waals surface area contributed by atoms with Crippen LogP contribution in [0, 0.1) is 17.7 Å². The second kappa shape index (κ2) is 14.7. The van der Waals surface area contributed by atoms with E-state index >= 15 is 0 Å². The lowest BCUT2D eigenvalue weighted by Gasteiger charge is -2.30. The number of carbonyl (C=O) groups excluding carboxylic acids is 5. The number of nitrogens with one attached hydrogen (secondary N) is 2. The summed E-state index contributed by atoms with van der Waals surface area (Å²) in [5.74, 6) is -9.05. The van der Waals surface area contributed by atoms with Crippen molar-refractivity contribution in [3.8, 4) is 0 Å². The maximum Gasteiger partial charge on any atom is 0.410 e. The molecule has 3 aliphatic heterocycles. The summed E-state index contributed by atoms with van der Waals surface area (Å²) in [6, 6.07) is 3.12. The Bertz CT molecular complexity index is 1890. The molecule has 1 aromatic carbocycles. The number of hydrogen-bond donors (Lipinski definition) is 2. The Morgan fingerprint density at radius 3 is 2.54 bits per heavy atom. The molecule has 5 aliphatic rings. The highest BCUT2D eigenvalue weighted by Gasteiger charge is 2.62. The summed E-state index contributed by atoms with van der Waals surface area (Å²) in [6.45, 7) is 4.59. The highest BCUT2D eigenvalue weighted by atomic mass is 32.2. The maximum atomic E-state index is 15.0. The van der Waals surface area contributed by atoms with Gasteiger partial charge in [-0.15, -0.1) is 5.73 Å². The van der Waals surface area contributed by atoms with Crippen LogP contribution in [-0.4, -0.2) is 89.0 Å². The van der Waals surface area contributed by atoms with Gasteiger partial charge < -0.3 is 19.7 Å². The van der Waals surface area contributed by atoms with Gasteiger partial charge in [-0.1, -0.05) is 12.1 Å². The van der Waals surface area contributed by atoms with Gasteiger partial charge in [0.25, 0.3) is 11.8 Å². The number of nitrogens with zero attached hydrogens (tertiary/aromatic N) is 2. The van der Waals surface area contributed by atoms with Crippen molar-refractivity contribution in [1.82, 2.24) is 19.8 Å². The number of carbonyl (C=O) groups is 5. The van der Waals surface area contributed by atoms with E-state index in [1.54, 1.807) is 26.8 Å². The zero-order chi connectivity index (χ0) is 39.2. The first-order valence-corrected chi connectivity index (χ1v) is 19.7. The van der Waals surface area contributed by atoms with Crippen LogP contribution in [-0.2, 0) is 51.8 Å². The van der Waals surface area contributed by atoms with Crippen LogP contribution in [0.1, 0.15) is 89.7 Å². The van der Waals surface area contributed by atoms with Gasteiger partial charge in [0.05, 0.1) is 24.8 Å². The molecule has 13 nitrogen and oxygen atoms in total. The van der Waals surface area contributed by atoms with Crippen molar-refractivity contribution in [3.05, 3.63) is 53.0 Å². The van der Waals surface area contributed by atoms with Gasteiger partial charge in [-0.25, -0.2) is 26.4 Å². The standard InChI is InChI=1S/C37H45F3N4O9S/c1-35(2,3)53-30(45)16-22-9-7-15-36(39,40)14-5-4-10-24-18-37(24,33(48)42-54(50,51)26-12-13-26)41-31(46)29-17-25(20-44(29)32(22)47)52-34(49)43-19-23-8-6-11-28(38)27(23)21-43/h5-6,8,10-11,22,24-26,29H,7,9,12-21H2,1-3H3,(H,41,46)(H,42,48)/t4?,22-,24-,25-,29+,37-/m1/s1. The van der Waals surface area contributed by atoms with Crippen LogP contribution in [0.4, 0.5) is 18.0 Å². The van der Waals surface area contributed by atoms with E-state index in [0.29, 0.717) is 24.0 Å². The second-order valence-electron chi connectivity index (χ2n) is 15.9. The predicted octanol–water partition coefficient (Wildman–Crippen LogP) is 4.00. The molecule has 17 heteroatoms. The highest BCUT2D eigenvalue weighted by molar-refractivity contribution is 7.91. The van der Waals surface area contributed by atoms with Crippen LogP contribution in [0.25, 0.3) is 0 Å². The molecule has 0 spiro atoms. The molecule has 1 saturated heterocycles. The molecule has 2 N–H and O–H groups in total. The average Bonchev–Trinajstić information content (AvgIpc) is 3.95. The van der Waals surface area contributed by atoms with Gasteiger partial charge in [0.15, 0.2) is 0 Å². The number of benzene rings is 1. The van der Waals surface area contributed by atoms with E-state index in [1.165, 1.54) is 23.1 Å². The topological polar surface area (TPSA) is 168 Å². The van der Waals surface area contributed by atoms with Crippen LogP contribution >= 0.6 is 0 Å². The number of halogens is 3. The van der Waals surface area contributed by atoms with Crippen molar-refractivity contribution < 1.29 is 55.0 Å². The third-order valence-electron chi connectivity index (χ3n) is 10.4. The number of esters is 1. The summed E-state index contributed by atoms with van der Waals surface area (Å²) < 4.78 is 83.1. The minimum atomic E-state index is -4.05. The first-order valence-electron chi connectivity index (χ1n) is 18.2. The summed E-state index contributed by atoms with van der Waals surface area (Å²) in [5.41, 5.74) is 0.880. The average molecular weight is 779 g/mol. The van der Waals surface area contributed by atoms with Crippen molar-refractivity contribution >= 4 is 39.8 Å². The third kappa shape index (κ3) is 8.94. The molecule has 5 atom stereocenters. The summed E-state index contributed by atoms with van der Waals surface area (Å²) in [5, 5.41) is 1.89. The fourth-order valence-electron chi connectivity index (χ4n) is 7.27. The molecule has 2 saturated carbocycles.